The number of hydrogen-bond donors (Lipinski definition) is 1. The molecule has 5 heterocycles. The maximum Gasteiger partial charge on any atom is 0.250 e. The maximum absolute atomic E-state index is 12.6. The minimum atomic E-state index is -0.394. The fourth-order valence-electron chi connectivity index (χ4n) is 6.32. The van der Waals surface area contributed by atoms with Gasteiger partial charge in [0.05, 0.1) is 13.1 Å². The summed E-state index contributed by atoms with van der Waals surface area (Å²) in [6, 6.07) is 14.9. The zero-order valence-electron chi connectivity index (χ0n) is 22.2. The fourth-order valence-corrected chi connectivity index (χ4v) is 6.53. The van der Waals surface area contributed by atoms with Gasteiger partial charge in [-0.2, -0.15) is 0 Å². The molecule has 40 heavy (non-hydrogen) atoms. The summed E-state index contributed by atoms with van der Waals surface area (Å²) in [6.07, 6.45) is 1.08. The van der Waals surface area contributed by atoms with Crippen LogP contribution in [0.5, 0.6) is 5.75 Å². The molecule has 2 atom stereocenters. The number of fused-ring (bicyclic) bond motifs is 4. The highest BCUT2D eigenvalue weighted by atomic mass is 35.5. The van der Waals surface area contributed by atoms with Crippen molar-refractivity contribution in [3.05, 3.63) is 96.9 Å². The zero-order chi connectivity index (χ0) is 26.2. The Hall–Kier alpha value is -2.33. The Morgan fingerprint density at radius 1 is 0.850 bits per heavy atom. The van der Waals surface area contributed by atoms with Crippen LogP contribution in [0.3, 0.4) is 0 Å². The number of piperidine rings is 1. The first-order valence-electron chi connectivity index (χ1n) is 13.4. The molecule has 6 rings (SSSR count). The molecule has 0 spiro atoms. The van der Waals surface area contributed by atoms with E-state index < -0.39 is 5.43 Å². The van der Waals surface area contributed by atoms with Crippen LogP contribution in [0, 0.1) is 5.92 Å². The minimum absolute atomic E-state index is 0. The Bertz CT molecular complexity index is 1440. The number of aromatic hydroxyl groups is 1. The smallest absolute Gasteiger partial charge is 0.250 e. The lowest BCUT2D eigenvalue weighted by Gasteiger charge is -2.42. The van der Waals surface area contributed by atoms with Gasteiger partial charge in [-0.25, -0.2) is 0 Å². The van der Waals surface area contributed by atoms with Crippen LogP contribution in [0.25, 0.3) is 0 Å². The van der Waals surface area contributed by atoms with Crippen molar-refractivity contribution in [3.8, 4) is 5.75 Å². The lowest BCUT2D eigenvalue weighted by Crippen LogP contribution is -2.46. The lowest BCUT2D eigenvalue weighted by atomic mass is 9.83. The maximum atomic E-state index is 12.6. The molecular weight excluding hydrogens is 575 g/mol. The molecule has 3 aliphatic heterocycles. The molecule has 1 N–H and O–H groups in total. The van der Waals surface area contributed by atoms with Gasteiger partial charge in [0.15, 0.2) is 5.76 Å². The van der Waals surface area contributed by atoms with Crippen molar-refractivity contribution in [1.29, 1.82) is 0 Å². The van der Waals surface area contributed by atoms with E-state index in [1.807, 2.05) is 28.8 Å². The average Bonchev–Trinajstić information content (AvgIpc) is 2.89. The Morgan fingerprint density at radius 2 is 1.57 bits per heavy atom. The van der Waals surface area contributed by atoms with Crippen molar-refractivity contribution in [2.24, 2.45) is 5.92 Å². The number of benzene rings is 1. The molecule has 1 aromatic carbocycles. The predicted octanol–water partition coefficient (Wildman–Crippen LogP) is 3.94. The molecule has 2 bridgehead atoms. The Labute approximate surface area is 251 Å². The topological polar surface area (TPSA) is 82.2 Å². The van der Waals surface area contributed by atoms with Gasteiger partial charge in [-0.1, -0.05) is 29.8 Å². The molecule has 0 amide bonds. The molecule has 2 aromatic heterocycles. The van der Waals surface area contributed by atoms with E-state index in [2.05, 4.69) is 26.8 Å². The van der Waals surface area contributed by atoms with Gasteiger partial charge in [-0.3, -0.25) is 24.3 Å². The van der Waals surface area contributed by atoms with E-state index in [4.69, 9.17) is 16.0 Å². The molecule has 0 aliphatic carbocycles. The molecular formula is C29H35Cl3N4O4. The monoisotopic (exact) mass is 608 g/mol. The number of likely N-dealkylation sites (tertiary alicyclic amines) is 1. The SMILES string of the molecule is Cl.Cl.O=c1cc(CN2CC3CC(C2)c2cccc(=O)n2C3)oc(CN2CCN(Cc3cccc(Cl)c3)CC2)c1O. The van der Waals surface area contributed by atoms with Crippen LogP contribution < -0.4 is 11.0 Å². The summed E-state index contributed by atoms with van der Waals surface area (Å²) in [5, 5.41) is 11.2. The van der Waals surface area contributed by atoms with Gasteiger partial charge in [0.25, 0.3) is 5.56 Å². The van der Waals surface area contributed by atoms with Gasteiger partial charge in [0.1, 0.15) is 5.76 Å². The molecule has 2 fully saturated rings. The number of halogens is 3. The quantitative estimate of drug-likeness (QED) is 0.453. The molecule has 3 aliphatic rings. The molecule has 3 aromatic rings. The van der Waals surface area contributed by atoms with Gasteiger partial charge in [0, 0.05) is 81.1 Å². The van der Waals surface area contributed by atoms with Crippen LogP contribution in [0.4, 0.5) is 0 Å². The van der Waals surface area contributed by atoms with E-state index in [1.54, 1.807) is 6.07 Å². The molecule has 0 saturated carbocycles. The number of nitrogens with zero attached hydrogens (tertiary/aromatic N) is 4. The second-order valence-corrected chi connectivity index (χ2v) is 11.4. The first-order chi connectivity index (χ1) is 18.4. The Kier molecular flexibility index (Phi) is 10.0. The van der Waals surface area contributed by atoms with Crippen LogP contribution in [-0.2, 0) is 26.2 Å². The van der Waals surface area contributed by atoms with E-state index in [-0.39, 0.29) is 36.1 Å². The van der Waals surface area contributed by atoms with E-state index >= 15 is 0 Å². The second-order valence-electron chi connectivity index (χ2n) is 10.9. The first kappa shape index (κ1) is 30.6. The van der Waals surface area contributed by atoms with Crippen molar-refractivity contribution in [3.63, 3.8) is 0 Å². The normalized spacial score (nSPS) is 21.2. The summed E-state index contributed by atoms with van der Waals surface area (Å²) >= 11 is 6.13. The van der Waals surface area contributed by atoms with Gasteiger partial charge < -0.3 is 14.1 Å². The fraction of sp³-hybridized carbons (Fsp3) is 0.448. The number of pyridine rings is 1. The summed E-state index contributed by atoms with van der Waals surface area (Å²) in [7, 11) is 0. The van der Waals surface area contributed by atoms with Gasteiger partial charge in [0.2, 0.25) is 11.2 Å². The molecule has 2 unspecified atom stereocenters. The summed E-state index contributed by atoms with van der Waals surface area (Å²) in [4.78, 5) is 31.8. The predicted molar refractivity (Wildman–Crippen MR) is 160 cm³/mol. The van der Waals surface area contributed by atoms with E-state index in [1.165, 1.54) is 11.6 Å². The van der Waals surface area contributed by atoms with Crippen molar-refractivity contribution < 1.29 is 9.52 Å². The van der Waals surface area contributed by atoms with Crippen molar-refractivity contribution in [2.75, 3.05) is 39.3 Å². The summed E-state index contributed by atoms with van der Waals surface area (Å²) in [6.45, 7) is 7.58. The number of piperazine rings is 1. The number of rotatable bonds is 6. The molecule has 0 radical (unpaired) electrons. The highest BCUT2D eigenvalue weighted by Crippen LogP contribution is 2.35. The van der Waals surface area contributed by atoms with Crippen LogP contribution in [0.15, 0.2) is 62.5 Å². The third-order valence-electron chi connectivity index (χ3n) is 8.11. The van der Waals surface area contributed by atoms with Crippen molar-refractivity contribution >= 4 is 36.4 Å². The Morgan fingerprint density at radius 3 is 2.33 bits per heavy atom. The molecule has 216 valence electrons. The minimum Gasteiger partial charge on any atom is -0.502 e. The summed E-state index contributed by atoms with van der Waals surface area (Å²) in [5.74, 6) is 1.31. The van der Waals surface area contributed by atoms with E-state index in [9.17, 15) is 14.7 Å². The van der Waals surface area contributed by atoms with Crippen LogP contribution in [0.1, 0.15) is 35.1 Å². The van der Waals surface area contributed by atoms with Crippen molar-refractivity contribution in [2.45, 2.75) is 38.5 Å². The third kappa shape index (κ3) is 6.75. The number of hydrogen-bond acceptors (Lipinski definition) is 7. The highest BCUT2D eigenvalue weighted by molar-refractivity contribution is 6.30. The third-order valence-corrected chi connectivity index (χ3v) is 8.34. The lowest BCUT2D eigenvalue weighted by molar-refractivity contribution is 0.100. The number of aromatic nitrogens is 1. The van der Waals surface area contributed by atoms with Crippen LogP contribution >= 0.6 is 36.4 Å². The van der Waals surface area contributed by atoms with E-state index in [0.29, 0.717) is 36.4 Å². The highest BCUT2D eigenvalue weighted by Gasteiger charge is 2.34. The van der Waals surface area contributed by atoms with Crippen LogP contribution in [-0.4, -0.2) is 63.6 Å². The summed E-state index contributed by atoms with van der Waals surface area (Å²) < 4.78 is 8.04. The van der Waals surface area contributed by atoms with Gasteiger partial charge in [-0.05, 0) is 36.1 Å². The second kappa shape index (κ2) is 13.1. The van der Waals surface area contributed by atoms with Gasteiger partial charge >= 0.3 is 0 Å². The standard InChI is InChI=1S/C29H33ClN4O4.2ClH/c30-23-4-1-3-20(12-23)14-31-7-9-32(10-8-31)19-27-29(37)26(35)13-24(38-27)18-33-15-21-11-22(17-33)25-5-2-6-28(36)34(25)16-21;;/h1-6,12-13,21-22,37H,7-11,14-19H2;2*1H. The Balaban J connectivity index is 0.00000185. The van der Waals surface area contributed by atoms with Crippen LogP contribution in [0.2, 0.25) is 5.02 Å². The van der Waals surface area contributed by atoms with Crippen molar-refractivity contribution in [1.82, 2.24) is 19.3 Å². The van der Waals surface area contributed by atoms with Gasteiger partial charge in [-0.15, -0.1) is 24.8 Å². The van der Waals surface area contributed by atoms with E-state index in [0.717, 1.165) is 69.5 Å². The molecule has 2 saturated heterocycles. The largest absolute Gasteiger partial charge is 0.502 e. The first-order valence-corrected chi connectivity index (χ1v) is 13.7. The summed E-state index contributed by atoms with van der Waals surface area (Å²) in [5.41, 5.74) is 1.97. The molecule has 8 nitrogen and oxygen atoms in total. The average molecular weight is 610 g/mol. The zero-order valence-corrected chi connectivity index (χ0v) is 24.6. The molecule has 11 heteroatoms.